The van der Waals surface area contributed by atoms with E-state index in [0.29, 0.717) is 51.0 Å². The molecule has 1 saturated heterocycles. The second-order valence-electron chi connectivity index (χ2n) is 8.12. The van der Waals surface area contributed by atoms with Gasteiger partial charge in [-0.05, 0) is 37.5 Å². The number of carbonyl (C=O) groups is 3. The summed E-state index contributed by atoms with van der Waals surface area (Å²) in [5.74, 6) is 1.22. The number of nitrogens with one attached hydrogen (secondary N) is 1. The van der Waals surface area contributed by atoms with Crippen molar-refractivity contribution in [1.82, 2.24) is 15.1 Å². The summed E-state index contributed by atoms with van der Waals surface area (Å²) in [6, 6.07) is 0.267. The van der Waals surface area contributed by atoms with Gasteiger partial charge in [-0.3, -0.25) is 14.4 Å². The molecule has 3 aliphatic rings. The van der Waals surface area contributed by atoms with Crippen molar-refractivity contribution in [2.24, 2.45) is 23.5 Å². The van der Waals surface area contributed by atoms with Crippen LogP contribution in [0.25, 0.3) is 0 Å². The van der Waals surface area contributed by atoms with Crippen LogP contribution < -0.4 is 11.1 Å². The minimum atomic E-state index is 0. The van der Waals surface area contributed by atoms with Gasteiger partial charge in [0.15, 0.2) is 0 Å². The topological polar surface area (TPSA) is 95.7 Å². The molecule has 2 saturated carbocycles. The highest BCUT2D eigenvalue weighted by molar-refractivity contribution is 5.85. The molecule has 7 nitrogen and oxygen atoms in total. The Balaban J connectivity index is 0.00000261. The average molecular weight is 401 g/mol. The molecule has 2 unspecified atom stereocenters. The first-order chi connectivity index (χ1) is 12.5. The van der Waals surface area contributed by atoms with Gasteiger partial charge in [0.05, 0.1) is 0 Å². The normalized spacial score (nSPS) is 30.3. The molecule has 154 valence electrons. The first-order valence-electron chi connectivity index (χ1n) is 10.0. The molecule has 8 heteroatoms. The zero-order valence-electron chi connectivity index (χ0n) is 16.2. The van der Waals surface area contributed by atoms with E-state index in [1.54, 1.807) is 16.7 Å². The van der Waals surface area contributed by atoms with Gasteiger partial charge in [-0.25, -0.2) is 0 Å². The van der Waals surface area contributed by atoms with Crippen molar-refractivity contribution in [3.63, 3.8) is 0 Å². The Hall–Kier alpha value is -1.34. The molecule has 0 aromatic carbocycles. The summed E-state index contributed by atoms with van der Waals surface area (Å²) in [6.45, 7) is 4.30. The zero-order valence-corrected chi connectivity index (χ0v) is 17.0. The second kappa shape index (κ2) is 9.73. The average Bonchev–Trinajstić information content (AvgIpc) is 2.61. The summed E-state index contributed by atoms with van der Waals surface area (Å²) in [5, 5.41) is 2.96. The zero-order chi connectivity index (χ0) is 18.7. The van der Waals surface area contributed by atoms with Crippen molar-refractivity contribution >= 4 is 30.1 Å². The van der Waals surface area contributed by atoms with Gasteiger partial charge < -0.3 is 20.9 Å². The van der Waals surface area contributed by atoms with Gasteiger partial charge in [0.2, 0.25) is 17.7 Å². The molecule has 0 aromatic rings. The Kier molecular flexibility index (Phi) is 7.91. The Morgan fingerprint density at radius 2 is 1.56 bits per heavy atom. The summed E-state index contributed by atoms with van der Waals surface area (Å²) >= 11 is 0. The number of halogens is 1. The molecular formula is C19H33ClN4O3. The molecule has 0 aromatic heterocycles. The minimum absolute atomic E-state index is 0. The number of carbonyl (C=O) groups excluding carboxylic acids is 3. The fraction of sp³-hybridized carbons (Fsp3) is 0.842. The summed E-state index contributed by atoms with van der Waals surface area (Å²) in [5.41, 5.74) is 6.29. The van der Waals surface area contributed by atoms with Gasteiger partial charge in [-0.15, -0.1) is 12.4 Å². The highest BCUT2D eigenvalue weighted by atomic mass is 35.5. The number of nitrogens with two attached hydrogens (primary N) is 1. The first kappa shape index (κ1) is 22.0. The molecule has 0 radical (unpaired) electrons. The van der Waals surface area contributed by atoms with Gasteiger partial charge in [-0.1, -0.05) is 6.42 Å². The van der Waals surface area contributed by atoms with Crippen LogP contribution in [0.1, 0.15) is 45.4 Å². The van der Waals surface area contributed by atoms with Gasteiger partial charge in [0.25, 0.3) is 0 Å². The maximum Gasteiger partial charge on any atom is 0.224 e. The number of amides is 3. The van der Waals surface area contributed by atoms with E-state index in [-0.39, 0.29) is 42.1 Å². The van der Waals surface area contributed by atoms with Crippen LogP contribution in [0, 0.1) is 17.8 Å². The van der Waals surface area contributed by atoms with Crippen molar-refractivity contribution in [3.05, 3.63) is 0 Å². The predicted octanol–water partition coefficient (Wildman–Crippen LogP) is 0.759. The molecule has 1 heterocycles. The van der Waals surface area contributed by atoms with Gasteiger partial charge in [0.1, 0.15) is 0 Å². The van der Waals surface area contributed by atoms with Crippen LogP contribution in [0.15, 0.2) is 0 Å². The summed E-state index contributed by atoms with van der Waals surface area (Å²) in [4.78, 5) is 39.7. The molecule has 27 heavy (non-hydrogen) atoms. The smallest absolute Gasteiger partial charge is 0.224 e. The lowest BCUT2D eigenvalue weighted by Gasteiger charge is -2.43. The number of fused-ring (bicyclic) bond motifs is 2. The summed E-state index contributed by atoms with van der Waals surface area (Å²) in [7, 11) is 0. The van der Waals surface area contributed by atoms with Crippen LogP contribution in [-0.4, -0.2) is 66.3 Å². The lowest BCUT2D eigenvalue weighted by atomic mass is 9.65. The van der Waals surface area contributed by atoms with Crippen molar-refractivity contribution in [1.29, 1.82) is 0 Å². The number of hydrogen-bond donors (Lipinski definition) is 2. The molecule has 3 fully saturated rings. The van der Waals surface area contributed by atoms with Crippen LogP contribution in [0.3, 0.4) is 0 Å². The molecule has 0 spiro atoms. The number of hydrogen-bond acceptors (Lipinski definition) is 4. The van der Waals surface area contributed by atoms with Crippen molar-refractivity contribution in [3.8, 4) is 0 Å². The van der Waals surface area contributed by atoms with E-state index >= 15 is 0 Å². The molecule has 2 bridgehead atoms. The third-order valence-electron chi connectivity index (χ3n) is 6.50. The van der Waals surface area contributed by atoms with E-state index in [4.69, 9.17) is 5.73 Å². The third kappa shape index (κ3) is 5.35. The second-order valence-corrected chi connectivity index (χ2v) is 8.12. The van der Waals surface area contributed by atoms with Crippen LogP contribution in [0.5, 0.6) is 0 Å². The first-order valence-corrected chi connectivity index (χ1v) is 10.0. The number of piperazine rings is 1. The van der Waals surface area contributed by atoms with Gasteiger partial charge in [-0.2, -0.15) is 0 Å². The van der Waals surface area contributed by atoms with Gasteiger partial charge in [0, 0.05) is 58.0 Å². The van der Waals surface area contributed by atoms with E-state index in [2.05, 4.69) is 5.32 Å². The minimum Gasteiger partial charge on any atom is -0.355 e. The fourth-order valence-electron chi connectivity index (χ4n) is 4.87. The fourth-order valence-corrected chi connectivity index (χ4v) is 4.87. The highest BCUT2D eigenvalue weighted by Crippen LogP contribution is 2.41. The van der Waals surface area contributed by atoms with E-state index in [1.165, 1.54) is 6.42 Å². The van der Waals surface area contributed by atoms with Crippen LogP contribution in [0.4, 0.5) is 0 Å². The molecule has 3 rings (SSSR count). The quantitative estimate of drug-likeness (QED) is 0.728. The largest absolute Gasteiger partial charge is 0.355 e. The van der Waals surface area contributed by atoms with Crippen molar-refractivity contribution in [2.75, 3.05) is 32.7 Å². The van der Waals surface area contributed by atoms with Crippen molar-refractivity contribution < 1.29 is 14.4 Å². The third-order valence-corrected chi connectivity index (χ3v) is 6.50. The van der Waals surface area contributed by atoms with E-state index < -0.39 is 0 Å². The predicted molar refractivity (Wildman–Crippen MR) is 105 cm³/mol. The Morgan fingerprint density at radius 1 is 1.00 bits per heavy atom. The molecule has 1 aliphatic heterocycles. The Morgan fingerprint density at radius 3 is 2.11 bits per heavy atom. The van der Waals surface area contributed by atoms with E-state index in [1.807, 2.05) is 0 Å². The molecule has 2 aliphatic carbocycles. The maximum absolute atomic E-state index is 12.5. The Bertz CT molecular complexity index is 537. The van der Waals surface area contributed by atoms with Gasteiger partial charge >= 0.3 is 0 Å². The maximum atomic E-state index is 12.5. The summed E-state index contributed by atoms with van der Waals surface area (Å²) < 4.78 is 0. The van der Waals surface area contributed by atoms with Crippen molar-refractivity contribution in [2.45, 2.75) is 51.5 Å². The molecule has 3 amide bonds. The highest BCUT2D eigenvalue weighted by Gasteiger charge is 2.40. The lowest BCUT2D eigenvalue weighted by molar-refractivity contribution is -0.138. The molecule has 2 atom stereocenters. The summed E-state index contributed by atoms with van der Waals surface area (Å²) in [6.07, 6.45) is 5.64. The monoisotopic (exact) mass is 400 g/mol. The van der Waals surface area contributed by atoms with E-state index in [9.17, 15) is 14.4 Å². The number of nitrogens with zero attached hydrogens (tertiary/aromatic N) is 2. The van der Waals surface area contributed by atoms with E-state index in [0.717, 1.165) is 25.7 Å². The van der Waals surface area contributed by atoms with Crippen LogP contribution in [-0.2, 0) is 14.4 Å². The number of rotatable bonds is 4. The SMILES string of the molecule is CC(=O)N1CCN(C(=O)CCNC(=O)C2CC3CCCC(C2)C3N)CC1.Cl. The van der Waals surface area contributed by atoms with Crippen LogP contribution in [0.2, 0.25) is 0 Å². The molecule has 3 N–H and O–H groups in total. The Labute approximate surface area is 167 Å². The molecular weight excluding hydrogens is 368 g/mol. The van der Waals surface area contributed by atoms with Crippen LogP contribution >= 0.6 is 12.4 Å². The standard InChI is InChI=1S/C19H32N4O3.ClH/c1-13(24)22-7-9-23(10-8-22)17(25)5-6-21-19(26)16-11-14-3-2-4-15(12-16)18(14)20;/h14-16,18H,2-12,20H2,1H3,(H,21,26);1H. The lowest BCUT2D eigenvalue weighted by Crippen LogP contribution is -2.51.